The summed E-state index contributed by atoms with van der Waals surface area (Å²) in [6.07, 6.45) is 0.238. The van der Waals surface area contributed by atoms with E-state index in [1.807, 2.05) is 25.1 Å². The minimum absolute atomic E-state index is 0.119. The van der Waals surface area contributed by atoms with Crippen LogP contribution in [0.5, 0.6) is 5.75 Å². The molecule has 0 atom stereocenters. The SMILES string of the molecule is COc1ccccc1NC(=O)Cc1cc(C)[nH]n1. The molecule has 0 spiro atoms. The highest BCUT2D eigenvalue weighted by molar-refractivity contribution is 5.93. The van der Waals surface area contributed by atoms with Gasteiger partial charge in [-0.15, -0.1) is 0 Å². The maximum absolute atomic E-state index is 11.8. The number of hydrogen-bond donors (Lipinski definition) is 2. The summed E-state index contributed by atoms with van der Waals surface area (Å²) >= 11 is 0. The van der Waals surface area contributed by atoms with Crippen LogP contribution in [0.2, 0.25) is 0 Å². The summed E-state index contributed by atoms with van der Waals surface area (Å²) in [5, 5.41) is 9.63. The summed E-state index contributed by atoms with van der Waals surface area (Å²) in [4.78, 5) is 11.8. The number of nitrogens with zero attached hydrogens (tertiary/aromatic N) is 1. The summed E-state index contributed by atoms with van der Waals surface area (Å²) in [5.74, 6) is 0.523. The van der Waals surface area contributed by atoms with Crippen LogP contribution < -0.4 is 10.1 Å². The van der Waals surface area contributed by atoms with Crippen molar-refractivity contribution in [1.82, 2.24) is 10.2 Å². The van der Waals surface area contributed by atoms with Crippen molar-refractivity contribution in [3.8, 4) is 5.75 Å². The first kappa shape index (κ1) is 12.2. The number of methoxy groups -OCH3 is 1. The summed E-state index contributed by atoms with van der Waals surface area (Å²) < 4.78 is 5.16. The zero-order valence-electron chi connectivity index (χ0n) is 10.4. The van der Waals surface area contributed by atoms with Crippen LogP contribution in [0.4, 0.5) is 5.69 Å². The van der Waals surface area contributed by atoms with Crippen molar-refractivity contribution < 1.29 is 9.53 Å². The molecule has 0 saturated heterocycles. The predicted octanol–water partition coefficient (Wildman–Crippen LogP) is 1.91. The standard InChI is InChI=1S/C13H15N3O2/c1-9-7-10(16-15-9)8-13(17)14-11-5-3-4-6-12(11)18-2/h3-7H,8H2,1-2H3,(H,14,17)(H,15,16). The van der Waals surface area contributed by atoms with Gasteiger partial charge < -0.3 is 10.1 Å². The van der Waals surface area contributed by atoms with Gasteiger partial charge in [0.1, 0.15) is 5.75 Å². The van der Waals surface area contributed by atoms with Crippen LogP contribution in [0.15, 0.2) is 30.3 Å². The molecule has 0 aliphatic carbocycles. The van der Waals surface area contributed by atoms with E-state index in [1.54, 1.807) is 19.2 Å². The Balaban J connectivity index is 2.03. The molecule has 1 aromatic heterocycles. The molecular formula is C13H15N3O2. The van der Waals surface area contributed by atoms with Gasteiger partial charge in [0.15, 0.2) is 0 Å². The van der Waals surface area contributed by atoms with Crippen LogP contribution >= 0.6 is 0 Å². The molecule has 2 aromatic rings. The number of ether oxygens (including phenoxy) is 1. The fourth-order valence-electron chi connectivity index (χ4n) is 1.67. The lowest BCUT2D eigenvalue weighted by molar-refractivity contribution is -0.115. The smallest absolute Gasteiger partial charge is 0.230 e. The van der Waals surface area contributed by atoms with Gasteiger partial charge >= 0.3 is 0 Å². The Labute approximate surface area is 105 Å². The van der Waals surface area contributed by atoms with Gasteiger partial charge in [0, 0.05) is 5.69 Å². The van der Waals surface area contributed by atoms with Crippen LogP contribution in [0.3, 0.4) is 0 Å². The van der Waals surface area contributed by atoms with E-state index < -0.39 is 0 Å². The average molecular weight is 245 g/mol. The van der Waals surface area contributed by atoms with E-state index in [4.69, 9.17) is 4.74 Å². The Morgan fingerprint density at radius 3 is 2.89 bits per heavy atom. The van der Waals surface area contributed by atoms with Gasteiger partial charge in [-0.25, -0.2) is 0 Å². The fourth-order valence-corrected chi connectivity index (χ4v) is 1.67. The number of H-pyrrole nitrogens is 1. The van der Waals surface area contributed by atoms with Crippen LogP contribution in [-0.4, -0.2) is 23.2 Å². The number of anilines is 1. The molecule has 5 heteroatoms. The second-order valence-corrected chi connectivity index (χ2v) is 3.97. The maximum Gasteiger partial charge on any atom is 0.230 e. The van der Waals surface area contributed by atoms with E-state index in [0.717, 1.165) is 11.4 Å². The van der Waals surface area contributed by atoms with Gasteiger partial charge in [-0.05, 0) is 25.1 Å². The number of aryl methyl sites for hydroxylation is 1. The van der Waals surface area contributed by atoms with E-state index in [0.29, 0.717) is 11.4 Å². The van der Waals surface area contributed by atoms with Gasteiger partial charge in [0.05, 0.1) is 24.9 Å². The highest BCUT2D eigenvalue weighted by Crippen LogP contribution is 2.23. The number of rotatable bonds is 4. The zero-order valence-corrected chi connectivity index (χ0v) is 10.4. The molecule has 0 aliphatic rings. The van der Waals surface area contributed by atoms with Crippen molar-refractivity contribution in [2.45, 2.75) is 13.3 Å². The Hall–Kier alpha value is -2.30. The second kappa shape index (κ2) is 5.35. The number of benzene rings is 1. The normalized spacial score (nSPS) is 10.1. The van der Waals surface area contributed by atoms with E-state index in [2.05, 4.69) is 15.5 Å². The van der Waals surface area contributed by atoms with Crippen LogP contribution in [0.1, 0.15) is 11.4 Å². The van der Waals surface area contributed by atoms with Crippen molar-refractivity contribution in [3.05, 3.63) is 41.7 Å². The number of carbonyl (C=O) groups excluding carboxylic acids is 1. The monoisotopic (exact) mass is 245 g/mol. The molecule has 0 fully saturated rings. The van der Waals surface area contributed by atoms with Crippen LogP contribution in [0, 0.1) is 6.92 Å². The molecular weight excluding hydrogens is 230 g/mol. The number of carbonyl (C=O) groups is 1. The fraction of sp³-hybridized carbons (Fsp3) is 0.231. The molecule has 0 aliphatic heterocycles. The van der Waals surface area contributed by atoms with Crippen LogP contribution in [-0.2, 0) is 11.2 Å². The zero-order chi connectivity index (χ0) is 13.0. The Morgan fingerprint density at radius 2 is 2.22 bits per heavy atom. The van der Waals surface area contributed by atoms with E-state index in [9.17, 15) is 4.79 Å². The summed E-state index contributed by atoms with van der Waals surface area (Å²) in [6, 6.07) is 9.14. The minimum atomic E-state index is -0.119. The van der Waals surface area contributed by atoms with Gasteiger partial charge in [-0.1, -0.05) is 12.1 Å². The summed E-state index contributed by atoms with van der Waals surface area (Å²) in [6.45, 7) is 1.90. The topological polar surface area (TPSA) is 67.0 Å². The lowest BCUT2D eigenvalue weighted by atomic mass is 10.2. The first-order valence-electron chi connectivity index (χ1n) is 5.63. The molecule has 1 amide bonds. The number of para-hydroxylation sites is 2. The first-order valence-corrected chi connectivity index (χ1v) is 5.63. The highest BCUT2D eigenvalue weighted by atomic mass is 16.5. The Kier molecular flexibility index (Phi) is 3.62. The van der Waals surface area contributed by atoms with Crippen molar-refractivity contribution in [2.24, 2.45) is 0 Å². The second-order valence-electron chi connectivity index (χ2n) is 3.97. The Bertz CT molecular complexity index is 549. The van der Waals surface area contributed by atoms with Crippen molar-refractivity contribution >= 4 is 11.6 Å². The van der Waals surface area contributed by atoms with Gasteiger partial charge in [-0.2, -0.15) is 5.10 Å². The largest absolute Gasteiger partial charge is 0.495 e. The molecule has 18 heavy (non-hydrogen) atoms. The van der Waals surface area contributed by atoms with Gasteiger partial charge in [0.2, 0.25) is 5.91 Å². The third kappa shape index (κ3) is 2.88. The molecule has 94 valence electrons. The van der Waals surface area contributed by atoms with E-state index >= 15 is 0 Å². The van der Waals surface area contributed by atoms with E-state index in [1.165, 1.54) is 0 Å². The van der Waals surface area contributed by atoms with Crippen LogP contribution in [0.25, 0.3) is 0 Å². The highest BCUT2D eigenvalue weighted by Gasteiger charge is 2.09. The number of aromatic amines is 1. The van der Waals surface area contributed by atoms with Crippen molar-refractivity contribution in [2.75, 3.05) is 12.4 Å². The quantitative estimate of drug-likeness (QED) is 0.864. The molecule has 0 unspecified atom stereocenters. The average Bonchev–Trinajstić information content (AvgIpc) is 2.75. The molecule has 0 bridgehead atoms. The summed E-state index contributed by atoms with van der Waals surface area (Å²) in [7, 11) is 1.57. The molecule has 5 nitrogen and oxygen atoms in total. The maximum atomic E-state index is 11.8. The number of aromatic nitrogens is 2. The van der Waals surface area contributed by atoms with Crippen molar-refractivity contribution in [1.29, 1.82) is 0 Å². The number of nitrogens with one attached hydrogen (secondary N) is 2. The number of hydrogen-bond acceptors (Lipinski definition) is 3. The lowest BCUT2D eigenvalue weighted by Crippen LogP contribution is -2.15. The summed E-state index contributed by atoms with van der Waals surface area (Å²) in [5.41, 5.74) is 2.33. The van der Waals surface area contributed by atoms with E-state index in [-0.39, 0.29) is 12.3 Å². The molecule has 2 N–H and O–H groups in total. The van der Waals surface area contributed by atoms with Gasteiger partial charge in [-0.3, -0.25) is 9.89 Å². The predicted molar refractivity (Wildman–Crippen MR) is 68.7 cm³/mol. The minimum Gasteiger partial charge on any atom is -0.495 e. The molecule has 1 aromatic carbocycles. The van der Waals surface area contributed by atoms with Crippen molar-refractivity contribution in [3.63, 3.8) is 0 Å². The third-order valence-electron chi connectivity index (χ3n) is 2.48. The third-order valence-corrected chi connectivity index (χ3v) is 2.48. The van der Waals surface area contributed by atoms with Gasteiger partial charge in [0.25, 0.3) is 0 Å². The first-order chi connectivity index (χ1) is 8.69. The number of amides is 1. The Morgan fingerprint density at radius 1 is 1.44 bits per heavy atom. The molecule has 0 radical (unpaired) electrons. The lowest BCUT2D eigenvalue weighted by Gasteiger charge is -2.08. The molecule has 2 rings (SSSR count). The molecule has 1 heterocycles. The molecule has 0 saturated carbocycles.